The van der Waals surface area contributed by atoms with Gasteiger partial charge in [0.25, 0.3) is 0 Å². The second kappa shape index (κ2) is 8.08. The number of anilines is 1. The molecule has 0 aliphatic carbocycles. The van der Waals surface area contributed by atoms with E-state index >= 15 is 0 Å². The minimum absolute atomic E-state index is 0.0767. The fraction of sp³-hybridized carbons (Fsp3) is 0.571. The van der Waals surface area contributed by atoms with E-state index in [4.69, 9.17) is 15.6 Å². The van der Waals surface area contributed by atoms with Crippen molar-refractivity contribution in [3.05, 3.63) is 29.8 Å². The number of nitrogens with two attached hydrogens (primary N) is 1. The maximum Gasteiger partial charge on any atom is 0.0698 e. The van der Waals surface area contributed by atoms with Crippen LogP contribution in [0.25, 0.3) is 0 Å². The summed E-state index contributed by atoms with van der Waals surface area (Å²) in [6.45, 7) is 7.09. The Kier molecular flexibility index (Phi) is 6.72. The predicted molar refractivity (Wildman–Crippen MR) is 74.3 cm³/mol. The van der Waals surface area contributed by atoms with Crippen LogP contribution in [0.3, 0.4) is 0 Å². The lowest BCUT2D eigenvalue weighted by atomic mass is 10.1. The van der Waals surface area contributed by atoms with Crippen LogP contribution in [0.5, 0.6) is 0 Å². The summed E-state index contributed by atoms with van der Waals surface area (Å²) >= 11 is 0. The Balaban J connectivity index is 2.50. The Hall–Kier alpha value is -1.10. The molecule has 0 aliphatic heterocycles. The Morgan fingerprint density at radius 1 is 1.28 bits per heavy atom. The van der Waals surface area contributed by atoms with Crippen LogP contribution in [0.2, 0.25) is 0 Å². The van der Waals surface area contributed by atoms with Gasteiger partial charge in [0, 0.05) is 24.8 Å². The standard InChI is InChI=1S/C14H24N2O2/c1-12(2)16(7-9-18-10-8-17)11-13-5-3-4-6-14(13)15/h3-6,12,17H,7-11,15H2,1-2H3. The van der Waals surface area contributed by atoms with Crippen molar-refractivity contribution in [1.82, 2.24) is 4.90 Å². The highest BCUT2D eigenvalue weighted by Gasteiger charge is 2.11. The van der Waals surface area contributed by atoms with E-state index in [1.165, 1.54) is 0 Å². The number of aliphatic hydroxyl groups excluding tert-OH is 1. The van der Waals surface area contributed by atoms with Gasteiger partial charge in [-0.25, -0.2) is 0 Å². The van der Waals surface area contributed by atoms with E-state index in [2.05, 4.69) is 24.8 Å². The molecule has 0 unspecified atom stereocenters. The Labute approximate surface area is 109 Å². The molecule has 0 saturated heterocycles. The number of rotatable bonds is 8. The summed E-state index contributed by atoms with van der Waals surface area (Å²) in [5, 5.41) is 8.66. The molecule has 4 nitrogen and oxygen atoms in total. The summed E-state index contributed by atoms with van der Waals surface area (Å²) in [6, 6.07) is 8.37. The van der Waals surface area contributed by atoms with E-state index < -0.39 is 0 Å². The number of hydrogen-bond acceptors (Lipinski definition) is 4. The molecule has 3 N–H and O–H groups in total. The third kappa shape index (κ3) is 5.04. The normalized spacial score (nSPS) is 11.4. The summed E-state index contributed by atoms with van der Waals surface area (Å²) in [7, 11) is 0. The highest BCUT2D eigenvalue weighted by molar-refractivity contribution is 5.46. The molecule has 102 valence electrons. The lowest BCUT2D eigenvalue weighted by molar-refractivity contribution is 0.0647. The van der Waals surface area contributed by atoms with E-state index in [1.807, 2.05) is 18.2 Å². The molecule has 18 heavy (non-hydrogen) atoms. The molecule has 0 fully saturated rings. The molecule has 0 aromatic heterocycles. The Bertz CT molecular complexity index is 342. The van der Waals surface area contributed by atoms with Crippen molar-refractivity contribution < 1.29 is 9.84 Å². The highest BCUT2D eigenvalue weighted by atomic mass is 16.5. The first-order valence-electron chi connectivity index (χ1n) is 6.41. The number of ether oxygens (including phenoxy) is 1. The molecule has 0 heterocycles. The van der Waals surface area contributed by atoms with Crippen molar-refractivity contribution in [2.45, 2.75) is 26.4 Å². The summed E-state index contributed by atoms with van der Waals surface area (Å²) < 4.78 is 5.31. The minimum Gasteiger partial charge on any atom is -0.398 e. The number of nitrogen functional groups attached to an aromatic ring is 1. The lowest BCUT2D eigenvalue weighted by Crippen LogP contribution is -2.33. The van der Waals surface area contributed by atoms with Gasteiger partial charge in [-0.3, -0.25) is 4.90 Å². The van der Waals surface area contributed by atoms with E-state index in [0.717, 1.165) is 24.3 Å². The van der Waals surface area contributed by atoms with E-state index in [0.29, 0.717) is 19.3 Å². The average Bonchev–Trinajstić information content (AvgIpc) is 2.35. The lowest BCUT2D eigenvalue weighted by Gasteiger charge is -2.26. The number of hydrogen-bond donors (Lipinski definition) is 2. The SMILES string of the molecule is CC(C)N(CCOCCO)Cc1ccccc1N. The summed E-state index contributed by atoms with van der Waals surface area (Å²) in [5.74, 6) is 0. The monoisotopic (exact) mass is 252 g/mol. The van der Waals surface area contributed by atoms with Gasteiger partial charge in [-0.05, 0) is 25.5 Å². The van der Waals surface area contributed by atoms with Gasteiger partial charge >= 0.3 is 0 Å². The summed E-state index contributed by atoms with van der Waals surface area (Å²) in [5.41, 5.74) is 7.93. The third-order valence-corrected chi connectivity index (χ3v) is 2.92. The van der Waals surface area contributed by atoms with Crippen molar-refractivity contribution in [2.75, 3.05) is 32.1 Å². The van der Waals surface area contributed by atoms with Crippen LogP contribution in [0.4, 0.5) is 5.69 Å². The minimum atomic E-state index is 0.0767. The number of para-hydroxylation sites is 1. The van der Waals surface area contributed by atoms with E-state index in [9.17, 15) is 0 Å². The molecule has 1 aromatic rings. The zero-order valence-electron chi connectivity index (χ0n) is 11.3. The van der Waals surface area contributed by atoms with E-state index in [1.54, 1.807) is 0 Å². The number of aliphatic hydroxyl groups is 1. The smallest absolute Gasteiger partial charge is 0.0698 e. The van der Waals surface area contributed by atoms with Crippen LogP contribution in [-0.4, -0.2) is 42.4 Å². The van der Waals surface area contributed by atoms with Gasteiger partial charge in [-0.2, -0.15) is 0 Å². The first-order valence-corrected chi connectivity index (χ1v) is 6.41. The molecule has 0 bridgehead atoms. The largest absolute Gasteiger partial charge is 0.398 e. The van der Waals surface area contributed by atoms with Crippen LogP contribution >= 0.6 is 0 Å². The quantitative estimate of drug-likeness (QED) is 0.543. The van der Waals surface area contributed by atoms with Crippen LogP contribution < -0.4 is 5.73 Å². The molecule has 0 atom stereocenters. The van der Waals surface area contributed by atoms with Crippen LogP contribution in [0.1, 0.15) is 19.4 Å². The number of nitrogens with zero attached hydrogens (tertiary/aromatic N) is 1. The van der Waals surface area contributed by atoms with Crippen molar-refractivity contribution >= 4 is 5.69 Å². The van der Waals surface area contributed by atoms with Crippen molar-refractivity contribution in [3.8, 4) is 0 Å². The molecule has 0 spiro atoms. The van der Waals surface area contributed by atoms with Gasteiger partial charge in [0.2, 0.25) is 0 Å². The van der Waals surface area contributed by atoms with Crippen LogP contribution in [0.15, 0.2) is 24.3 Å². The first kappa shape index (κ1) is 15.0. The molecule has 0 amide bonds. The second-order valence-electron chi connectivity index (χ2n) is 4.60. The Morgan fingerprint density at radius 2 is 2.00 bits per heavy atom. The second-order valence-corrected chi connectivity index (χ2v) is 4.60. The summed E-state index contributed by atoms with van der Waals surface area (Å²) in [6.07, 6.45) is 0. The van der Waals surface area contributed by atoms with Gasteiger partial charge in [-0.15, -0.1) is 0 Å². The Morgan fingerprint density at radius 3 is 2.61 bits per heavy atom. The highest BCUT2D eigenvalue weighted by Crippen LogP contribution is 2.14. The molecule has 1 rings (SSSR count). The van der Waals surface area contributed by atoms with Gasteiger partial charge in [-0.1, -0.05) is 18.2 Å². The summed E-state index contributed by atoms with van der Waals surface area (Å²) in [4.78, 5) is 2.31. The third-order valence-electron chi connectivity index (χ3n) is 2.92. The van der Waals surface area contributed by atoms with Crippen molar-refractivity contribution in [3.63, 3.8) is 0 Å². The fourth-order valence-electron chi connectivity index (χ4n) is 1.77. The molecular formula is C14H24N2O2. The predicted octanol–water partition coefficient (Wildman–Crippen LogP) is 1.49. The van der Waals surface area contributed by atoms with Gasteiger partial charge < -0.3 is 15.6 Å². The number of benzene rings is 1. The van der Waals surface area contributed by atoms with Crippen LogP contribution in [-0.2, 0) is 11.3 Å². The van der Waals surface area contributed by atoms with Crippen molar-refractivity contribution in [1.29, 1.82) is 0 Å². The van der Waals surface area contributed by atoms with Crippen molar-refractivity contribution in [2.24, 2.45) is 0 Å². The maximum absolute atomic E-state index is 8.66. The maximum atomic E-state index is 8.66. The topological polar surface area (TPSA) is 58.7 Å². The average molecular weight is 252 g/mol. The molecule has 4 heteroatoms. The van der Waals surface area contributed by atoms with Gasteiger partial charge in [0.05, 0.1) is 19.8 Å². The van der Waals surface area contributed by atoms with Gasteiger partial charge in [0.15, 0.2) is 0 Å². The molecule has 0 aliphatic rings. The molecule has 0 saturated carbocycles. The van der Waals surface area contributed by atoms with Gasteiger partial charge in [0.1, 0.15) is 0 Å². The zero-order chi connectivity index (χ0) is 13.4. The first-order chi connectivity index (χ1) is 8.65. The fourth-order valence-corrected chi connectivity index (χ4v) is 1.77. The van der Waals surface area contributed by atoms with E-state index in [-0.39, 0.29) is 6.61 Å². The molecule has 1 aromatic carbocycles. The zero-order valence-corrected chi connectivity index (χ0v) is 11.3. The van der Waals surface area contributed by atoms with Crippen LogP contribution in [0, 0.1) is 0 Å². The molecular weight excluding hydrogens is 228 g/mol. The molecule has 0 radical (unpaired) electrons.